The molecule has 0 saturated heterocycles. The highest BCUT2D eigenvalue weighted by molar-refractivity contribution is 7.90. The Morgan fingerprint density at radius 1 is 1.09 bits per heavy atom. The summed E-state index contributed by atoms with van der Waals surface area (Å²) in [6, 6.07) is 12.9. The fraction of sp³-hybridized carbons (Fsp3) is 0.333. The Hall–Kier alpha value is -2.71. The van der Waals surface area contributed by atoms with Gasteiger partial charge in [-0.3, -0.25) is 4.79 Å². The topological polar surface area (TPSA) is 76.6 Å². The van der Waals surface area contributed by atoms with Crippen LogP contribution in [0.5, 0.6) is 5.75 Å². The fourth-order valence-electron chi connectivity index (χ4n) is 3.60. The van der Waals surface area contributed by atoms with Gasteiger partial charge in [-0.1, -0.05) is 39.0 Å². The molecular weight excluding hydrogens is 444 g/mol. The maximum absolute atomic E-state index is 12.7. The SMILES string of the molecule is CC(C)(C)c1ccc(OCC(=O)N2Cc3ccc(S(=O)(=O)Cc4nccs4)cc3C2)cc1. The zero-order valence-corrected chi connectivity index (χ0v) is 20.0. The van der Waals surface area contributed by atoms with Crippen LogP contribution < -0.4 is 4.74 Å². The number of carbonyl (C=O) groups excluding carboxylic acids is 1. The summed E-state index contributed by atoms with van der Waals surface area (Å²) in [5.41, 5.74) is 3.07. The van der Waals surface area contributed by atoms with Gasteiger partial charge in [0.15, 0.2) is 16.4 Å². The monoisotopic (exact) mass is 470 g/mol. The van der Waals surface area contributed by atoms with Crippen LogP contribution in [0.25, 0.3) is 0 Å². The van der Waals surface area contributed by atoms with Crippen molar-refractivity contribution in [3.05, 3.63) is 75.7 Å². The summed E-state index contributed by atoms with van der Waals surface area (Å²) < 4.78 is 31.1. The number of hydrogen-bond donors (Lipinski definition) is 0. The molecular formula is C24H26N2O4S2. The van der Waals surface area contributed by atoms with Gasteiger partial charge < -0.3 is 9.64 Å². The summed E-state index contributed by atoms with van der Waals surface area (Å²) in [5, 5.41) is 2.33. The van der Waals surface area contributed by atoms with E-state index < -0.39 is 9.84 Å². The Morgan fingerprint density at radius 2 is 1.81 bits per heavy atom. The minimum atomic E-state index is -3.48. The molecule has 0 N–H and O–H groups in total. The third-order valence-corrected chi connectivity index (χ3v) is 8.08. The standard InChI is InChI=1S/C24H26N2O4S2/c1-24(2,3)19-5-7-20(8-6-19)30-15-23(27)26-13-17-4-9-21(12-18(17)14-26)32(28,29)16-22-25-10-11-31-22/h4-12H,13-16H2,1-3H3. The van der Waals surface area contributed by atoms with Gasteiger partial charge in [-0.2, -0.15) is 0 Å². The molecule has 0 unspecified atom stereocenters. The smallest absolute Gasteiger partial charge is 0.261 e. The molecule has 1 aromatic heterocycles. The fourth-order valence-corrected chi connectivity index (χ4v) is 5.90. The quantitative estimate of drug-likeness (QED) is 0.536. The number of amides is 1. The van der Waals surface area contributed by atoms with Crippen molar-refractivity contribution >= 4 is 27.1 Å². The number of benzene rings is 2. The predicted molar refractivity (Wildman–Crippen MR) is 124 cm³/mol. The molecule has 1 aliphatic rings. The van der Waals surface area contributed by atoms with Gasteiger partial charge in [0.1, 0.15) is 16.5 Å². The molecule has 168 valence electrons. The zero-order valence-electron chi connectivity index (χ0n) is 18.4. The van der Waals surface area contributed by atoms with Crippen LogP contribution in [0, 0.1) is 0 Å². The van der Waals surface area contributed by atoms with Gasteiger partial charge in [0.05, 0.1) is 4.90 Å². The normalized spacial score (nSPS) is 13.8. The lowest BCUT2D eigenvalue weighted by Crippen LogP contribution is -2.30. The van der Waals surface area contributed by atoms with E-state index in [-0.39, 0.29) is 28.6 Å². The molecule has 0 atom stereocenters. The minimum Gasteiger partial charge on any atom is -0.484 e. The summed E-state index contributed by atoms with van der Waals surface area (Å²) in [6.07, 6.45) is 1.60. The van der Waals surface area contributed by atoms with Crippen LogP contribution in [0.2, 0.25) is 0 Å². The van der Waals surface area contributed by atoms with Crippen LogP contribution in [0.3, 0.4) is 0 Å². The molecule has 8 heteroatoms. The van der Waals surface area contributed by atoms with Crippen molar-refractivity contribution in [2.75, 3.05) is 6.61 Å². The molecule has 0 bridgehead atoms. The van der Waals surface area contributed by atoms with Gasteiger partial charge in [-0.05, 0) is 46.4 Å². The molecule has 32 heavy (non-hydrogen) atoms. The van der Waals surface area contributed by atoms with Gasteiger partial charge in [0.25, 0.3) is 5.91 Å². The first-order valence-corrected chi connectivity index (χ1v) is 12.9. The Balaban J connectivity index is 1.38. The maximum atomic E-state index is 12.7. The van der Waals surface area contributed by atoms with E-state index in [4.69, 9.17) is 4.74 Å². The summed E-state index contributed by atoms with van der Waals surface area (Å²) >= 11 is 1.32. The molecule has 0 spiro atoms. The molecule has 1 aliphatic heterocycles. The van der Waals surface area contributed by atoms with Crippen LogP contribution in [0.4, 0.5) is 0 Å². The van der Waals surface area contributed by atoms with E-state index in [9.17, 15) is 13.2 Å². The van der Waals surface area contributed by atoms with E-state index in [1.165, 1.54) is 16.9 Å². The number of thiazole rings is 1. The maximum Gasteiger partial charge on any atom is 0.261 e. The first-order chi connectivity index (χ1) is 15.1. The number of carbonyl (C=O) groups is 1. The number of hydrogen-bond acceptors (Lipinski definition) is 6. The average molecular weight is 471 g/mol. The summed E-state index contributed by atoms with van der Waals surface area (Å²) in [5.74, 6) is 0.403. The second-order valence-electron chi connectivity index (χ2n) is 8.93. The number of rotatable bonds is 6. The lowest BCUT2D eigenvalue weighted by Gasteiger charge is -2.19. The van der Waals surface area contributed by atoms with Crippen molar-refractivity contribution in [3.8, 4) is 5.75 Å². The van der Waals surface area contributed by atoms with E-state index in [0.717, 1.165) is 11.1 Å². The lowest BCUT2D eigenvalue weighted by molar-refractivity contribution is -0.134. The zero-order chi connectivity index (χ0) is 22.9. The van der Waals surface area contributed by atoms with Gasteiger partial charge >= 0.3 is 0 Å². The molecule has 2 heterocycles. The largest absolute Gasteiger partial charge is 0.484 e. The van der Waals surface area contributed by atoms with Crippen molar-refractivity contribution in [1.82, 2.24) is 9.88 Å². The van der Waals surface area contributed by atoms with E-state index in [2.05, 4.69) is 25.8 Å². The highest BCUT2D eigenvalue weighted by atomic mass is 32.2. The van der Waals surface area contributed by atoms with Crippen molar-refractivity contribution in [1.29, 1.82) is 0 Å². The predicted octanol–water partition coefficient (Wildman–Crippen LogP) is 4.34. The summed E-state index contributed by atoms with van der Waals surface area (Å²) in [7, 11) is -3.48. The van der Waals surface area contributed by atoms with Crippen molar-refractivity contribution < 1.29 is 17.9 Å². The number of sulfone groups is 1. The van der Waals surface area contributed by atoms with E-state index >= 15 is 0 Å². The molecule has 0 fully saturated rings. The third-order valence-electron chi connectivity index (χ3n) is 5.49. The van der Waals surface area contributed by atoms with Gasteiger partial charge in [0, 0.05) is 24.7 Å². The number of nitrogens with zero attached hydrogens (tertiary/aromatic N) is 2. The van der Waals surface area contributed by atoms with Crippen LogP contribution in [0.1, 0.15) is 42.5 Å². The van der Waals surface area contributed by atoms with Crippen molar-refractivity contribution in [3.63, 3.8) is 0 Å². The Bertz CT molecular complexity index is 1210. The first kappa shape index (κ1) is 22.5. The van der Waals surface area contributed by atoms with Gasteiger partial charge in [0.2, 0.25) is 0 Å². The molecule has 0 radical (unpaired) electrons. The summed E-state index contributed by atoms with van der Waals surface area (Å²) in [4.78, 5) is 18.7. The summed E-state index contributed by atoms with van der Waals surface area (Å²) in [6.45, 7) is 7.21. The molecule has 0 aliphatic carbocycles. The van der Waals surface area contributed by atoms with Crippen LogP contribution in [-0.4, -0.2) is 30.8 Å². The van der Waals surface area contributed by atoms with Crippen LogP contribution >= 0.6 is 11.3 Å². The van der Waals surface area contributed by atoms with Crippen LogP contribution in [0.15, 0.2) is 58.9 Å². The molecule has 6 nitrogen and oxygen atoms in total. The average Bonchev–Trinajstić information content (AvgIpc) is 3.40. The third kappa shape index (κ3) is 5.02. The number of fused-ring (bicyclic) bond motifs is 1. The van der Waals surface area contributed by atoms with Crippen molar-refractivity contribution in [2.24, 2.45) is 0 Å². The number of aromatic nitrogens is 1. The van der Waals surface area contributed by atoms with E-state index in [1.807, 2.05) is 24.3 Å². The second-order valence-corrected chi connectivity index (χ2v) is 11.9. The first-order valence-electron chi connectivity index (χ1n) is 10.4. The molecule has 2 aromatic carbocycles. The second kappa shape index (κ2) is 8.67. The molecule has 1 amide bonds. The number of ether oxygens (including phenoxy) is 1. The molecule has 0 saturated carbocycles. The lowest BCUT2D eigenvalue weighted by atomic mass is 9.87. The van der Waals surface area contributed by atoms with Crippen molar-refractivity contribution in [2.45, 2.75) is 49.9 Å². The van der Waals surface area contributed by atoms with Gasteiger partial charge in [-0.15, -0.1) is 11.3 Å². The highest BCUT2D eigenvalue weighted by Crippen LogP contribution is 2.28. The molecule has 4 rings (SSSR count). The highest BCUT2D eigenvalue weighted by Gasteiger charge is 2.26. The van der Waals surface area contributed by atoms with E-state index in [1.54, 1.807) is 34.7 Å². The molecule has 3 aromatic rings. The van der Waals surface area contributed by atoms with Crippen LogP contribution in [-0.2, 0) is 38.9 Å². The Kier molecular flexibility index (Phi) is 6.09. The van der Waals surface area contributed by atoms with Gasteiger partial charge in [-0.25, -0.2) is 13.4 Å². The van der Waals surface area contributed by atoms with E-state index in [0.29, 0.717) is 23.8 Å². The minimum absolute atomic E-state index is 0.0575. The Labute approximate surface area is 192 Å². The Morgan fingerprint density at radius 3 is 2.47 bits per heavy atom.